The zero-order valence-corrected chi connectivity index (χ0v) is 16.3. The highest BCUT2D eigenvalue weighted by atomic mass is 15.4. The second-order valence-electron chi connectivity index (χ2n) is 7.76. The average Bonchev–Trinajstić information content (AvgIpc) is 2.67. The first-order valence-electron chi connectivity index (χ1n) is 9.34. The van der Waals surface area contributed by atoms with E-state index in [0.29, 0.717) is 0 Å². The number of benzene rings is 2. The van der Waals surface area contributed by atoms with Crippen molar-refractivity contribution in [3.63, 3.8) is 0 Å². The molecule has 3 heteroatoms. The standard InChI is InChI=1S/C24H27N3/c1-24(2,3)22-14-15-25-23(16-22)17-26-27(18-20-10-6-4-7-11-20)19-21-12-8-5-9-13-21/h4-17H,18-19H2,1-3H3/b26-17-. The second-order valence-corrected chi connectivity index (χ2v) is 7.76. The van der Waals surface area contributed by atoms with E-state index >= 15 is 0 Å². The molecule has 0 aliphatic rings. The fraction of sp³-hybridized carbons (Fsp3) is 0.250. The van der Waals surface area contributed by atoms with Gasteiger partial charge in [-0.25, -0.2) is 0 Å². The van der Waals surface area contributed by atoms with Crippen molar-refractivity contribution < 1.29 is 0 Å². The lowest BCUT2D eigenvalue weighted by molar-refractivity contribution is 0.272. The maximum absolute atomic E-state index is 4.75. The maximum Gasteiger partial charge on any atom is 0.0833 e. The normalized spacial score (nSPS) is 11.7. The van der Waals surface area contributed by atoms with Crippen molar-refractivity contribution in [2.75, 3.05) is 0 Å². The van der Waals surface area contributed by atoms with Crippen LogP contribution in [-0.2, 0) is 18.5 Å². The first-order valence-corrected chi connectivity index (χ1v) is 9.34. The molecule has 0 amide bonds. The summed E-state index contributed by atoms with van der Waals surface area (Å²) in [5.74, 6) is 0. The molecule has 3 nitrogen and oxygen atoms in total. The minimum absolute atomic E-state index is 0.0965. The minimum atomic E-state index is 0.0965. The number of hydrogen-bond donors (Lipinski definition) is 0. The first kappa shape index (κ1) is 18.8. The Morgan fingerprint density at radius 3 is 1.93 bits per heavy atom. The summed E-state index contributed by atoms with van der Waals surface area (Å²) < 4.78 is 0. The summed E-state index contributed by atoms with van der Waals surface area (Å²) in [6.07, 6.45) is 3.72. The van der Waals surface area contributed by atoms with E-state index in [1.807, 2.05) is 24.5 Å². The maximum atomic E-state index is 4.75. The summed E-state index contributed by atoms with van der Waals surface area (Å²) in [4.78, 5) is 4.46. The molecule has 138 valence electrons. The van der Waals surface area contributed by atoms with E-state index < -0.39 is 0 Å². The second kappa shape index (κ2) is 8.63. The fourth-order valence-corrected chi connectivity index (χ4v) is 2.85. The first-order chi connectivity index (χ1) is 13.0. The van der Waals surface area contributed by atoms with Crippen LogP contribution in [-0.4, -0.2) is 16.2 Å². The van der Waals surface area contributed by atoms with Crippen molar-refractivity contribution in [2.45, 2.75) is 39.3 Å². The number of rotatable bonds is 6. The van der Waals surface area contributed by atoms with Crippen LogP contribution in [0.25, 0.3) is 0 Å². The Hall–Kier alpha value is -2.94. The van der Waals surface area contributed by atoms with Gasteiger partial charge in [0.25, 0.3) is 0 Å². The fourth-order valence-electron chi connectivity index (χ4n) is 2.85. The van der Waals surface area contributed by atoms with Crippen LogP contribution in [0.2, 0.25) is 0 Å². The molecule has 3 aromatic rings. The predicted molar refractivity (Wildman–Crippen MR) is 113 cm³/mol. The van der Waals surface area contributed by atoms with Crippen molar-refractivity contribution >= 4 is 6.21 Å². The van der Waals surface area contributed by atoms with Crippen LogP contribution in [0.1, 0.15) is 43.2 Å². The van der Waals surface area contributed by atoms with Gasteiger partial charge in [-0.05, 0) is 34.2 Å². The van der Waals surface area contributed by atoms with Crippen molar-refractivity contribution in [3.8, 4) is 0 Å². The molecule has 0 spiro atoms. The monoisotopic (exact) mass is 357 g/mol. The molecule has 0 N–H and O–H groups in total. The Morgan fingerprint density at radius 1 is 0.852 bits per heavy atom. The third kappa shape index (κ3) is 5.78. The van der Waals surface area contributed by atoms with E-state index in [2.05, 4.69) is 91.4 Å². The topological polar surface area (TPSA) is 28.5 Å². The van der Waals surface area contributed by atoms with Gasteiger partial charge in [0.2, 0.25) is 0 Å². The summed E-state index contributed by atoms with van der Waals surface area (Å²) in [7, 11) is 0. The molecule has 1 aromatic heterocycles. The molecule has 0 saturated heterocycles. The zero-order valence-electron chi connectivity index (χ0n) is 16.3. The number of aromatic nitrogens is 1. The van der Waals surface area contributed by atoms with Crippen molar-refractivity contribution in [2.24, 2.45) is 5.10 Å². The SMILES string of the molecule is CC(C)(C)c1ccnc(/C=N\N(Cc2ccccc2)Cc2ccccc2)c1. The van der Waals surface area contributed by atoms with Gasteiger partial charge in [0, 0.05) is 6.20 Å². The molecule has 3 rings (SSSR count). The summed E-state index contributed by atoms with van der Waals surface area (Å²) in [6, 6.07) is 25.0. The van der Waals surface area contributed by atoms with E-state index in [4.69, 9.17) is 5.10 Å². The van der Waals surface area contributed by atoms with Gasteiger partial charge in [0.15, 0.2) is 0 Å². The molecule has 27 heavy (non-hydrogen) atoms. The highest BCUT2D eigenvalue weighted by Crippen LogP contribution is 2.21. The Kier molecular flexibility index (Phi) is 6.02. The van der Waals surface area contributed by atoms with E-state index in [-0.39, 0.29) is 5.41 Å². The van der Waals surface area contributed by atoms with Gasteiger partial charge in [-0.2, -0.15) is 5.10 Å². The quantitative estimate of drug-likeness (QED) is 0.435. The third-order valence-corrected chi connectivity index (χ3v) is 4.42. The van der Waals surface area contributed by atoms with Gasteiger partial charge in [0.1, 0.15) is 0 Å². The predicted octanol–water partition coefficient (Wildman–Crippen LogP) is 5.42. The molecule has 2 aromatic carbocycles. The van der Waals surface area contributed by atoms with Crippen LogP contribution in [0.15, 0.2) is 84.1 Å². The Bertz CT molecular complexity index is 823. The molecular formula is C24H27N3. The van der Waals surface area contributed by atoms with E-state index in [0.717, 1.165) is 18.8 Å². The number of nitrogens with zero attached hydrogens (tertiary/aromatic N) is 3. The molecule has 1 heterocycles. The highest BCUT2D eigenvalue weighted by molar-refractivity contribution is 5.77. The summed E-state index contributed by atoms with van der Waals surface area (Å²) in [6.45, 7) is 8.14. The number of hydrazone groups is 1. The van der Waals surface area contributed by atoms with Gasteiger partial charge in [-0.15, -0.1) is 0 Å². The van der Waals surface area contributed by atoms with Gasteiger partial charge in [-0.3, -0.25) is 9.99 Å². The summed E-state index contributed by atoms with van der Waals surface area (Å²) in [5.41, 5.74) is 4.72. The third-order valence-electron chi connectivity index (χ3n) is 4.42. The van der Waals surface area contributed by atoms with Gasteiger partial charge >= 0.3 is 0 Å². The van der Waals surface area contributed by atoms with Crippen LogP contribution in [0, 0.1) is 0 Å². The van der Waals surface area contributed by atoms with Crippen molar-refractivity contribution in [3.05, 3.63) is 101 Å². The molecule has 0 radical (unpaired) electrons. The largest absolute Gasteiger partial charge is 0.288 e. The van der Waals surface area contributed by atoms with Gasteiger partial charge in [-0.1, -0.05) is 81.4 Å². The van der Waals surface area contributed by atoms with E-state index in [9.17, 15) is 0 Å². The minimum Gasteiger partial charge on any atom is -0.288 e. The van der Waals surface area contributed by atoms with Crippen LogP contribution in [0.3, 0.4) is 0 Å². The van der Waals surface area contributed by atoms with Crippen LogP contribution < -0.4 is 0 Å². The lowest BCUT2D eigenvalue weighted by atomic mass is 9.87. The smallest absolute Gasteiger partial charge is 0.0833 e. The van der Waals surface area contributed by atoms with Gasteiger partial charge in [0.05, 0.1) is 25.0 Å². The molecule has 0 unspecified atom stereocenters. The lowest BCUT2D eigenvalue weighted by Crippen LogP contribution is -2.17. The molecule has 0 atom stereocenters. The molecule has 0 aliphatic heterocycles. The van der Waals surface area contributed by atoms with E-state index in [1.165, 1.54) is 16.7 Å². The lowest BCUT2D eigenvalue weighted by Gasteiger charge is -2.20. The van der Waals surface area contributed by atoms with Crippen molar-refractivity contribution in [1.29, 1.82) is 0 Å². The summed E-state index contributed by atoms with van der Waals surface area (Å²) >= 11 is 0. The zero-order chi connectivity index (χ0) is 19.1. The Morgan fingerprint density at radius 2 is 1.41 bits per heavy atom. The molecule has 0 aliphatic carbocycles. The molecule has 0 saturated carbocycles. The van der Waals surface area contributed by atoms with Gasteiger partial charge < -0.3 is 0 Å². The molecule has 0 fully saturated rings. The Balaban J connectivity index is 1.81. The highest BCUT2D eigenvalue weighted by Gasteiger charge is 2.13. The van der Waals surface area contributed by atoms with Crippen LogP contribution in [0.4, 0.5) is 0 Å². The molecular weight excluding hydrogens is 330 g/mol. The number of pyridine rings is 1. The number of hydrogen-bond acceptors (Lipinski definition) is 3. The Labute approximate surface area is 162 Å². The summed E-state index contributed by atoms with van der Waals surface area (Å²) in [5, 5.41) is 6.83. The van der Waals surface area contributed by atoms with Crippen LogP contribution in [0.5, 0.6) is 0 Å². The van der Waals surface area contributed by atoms with Crippen LogP contribution >= 0.6 is 0 Å². The average molecular weight is 358 g/mol. The van der Waals surface area contributed by atoms with E-state index in [1.54, 1.807) is 0 Å². The van der Waals surface area contributed by atoms with Crippen molar-refractivity contribution in [1.82, 2.24) is 9.99 Å². The molecule has 0 bridgehead atoms.